The molecule has 3 rings (SSSR count). The Morgan fingerprint density at radius 2 is 2.00 bits per heavy atom. The molecule has 2 aromatic rings. The van der Waals surface area contributed by atoms with Gasteiger partial charge in [0.25, 0.3) is 5.91 Å². The van der Waals surface area contributed by atoms with Crippen molar-refractivity contribution in [1.82, 2.24) is 4.90 Å². The quantitative estimate of drug-likeness (QED) is 0.326. The first-order valence-electron chi connectivity index (χ1n) is 9.24. The third kappa shape index (κ3) is 5.20. The van der Waals surface area contributed by atoms with Gasteiger partial charge < -0.3 is 4.74 Å². The number of nitrogens with zero attached hydrogens (tertiary/aromatic N) is 2. The Morgan fingerprint density at radius 1 is 1.21 bits per heavy atom. The zero-order valence-corrected chi connectivity index (χ0v) is 18.0. The van der Waals surface area contributed by atoms with Crippen LogP contribution in [-0.4, -0.2) is 35.9 Å². The molecule has 0 spiro atoms. The van der Waals surface area contributed by atoms with Crippen LogP contribution in [0.15, 0.2) is 63.3 Å². The molecular weight excluding hydrogens is 388 g/mol. The van der Waals surface area contributed by atoms with Crippen LogP contribution in [0, 0.1) is 0 Å². The van der Waals surface area contributed by atoms with Crippen molar-refractivity contribution in [1.29, 1.82) is 0 Å². The summed E-state index contributed by atoms with van der Waals surface area (Å²) < 4.78 is 5.69. The van der Waals surface area contributed by atoms with E-state index in [9.17, 15) is 4.79 Å². The lowest BCUT2D eigenvalue weighted by atomic mass is 10.2. The third-order valence-corrected chi connectivity index (χ3v) is 6.01. The molecule has 1 heterocycles. The first-order chi connectivity index (χ1) is 13.6. The van der Waals surface area contributed by atoms with Gasteiger partial charge in [0.2, 0.25) is 0 Å². The monoisotopic (exact) mass is 412 g/mol. The van der Waals surface area contributed by atoms with Crippen molar-refractivity contribution in [3.63, 3.8) is 0 Å². The van der Waals surface area contributed by atoms with Gasteiger partial charge in [0.05, 0.1) is 17.2 Å². The van der Waals surface area contributed by atoms with Gasteiger partial charge in [-0.1, -0.05) is 31.5 Å². The molecule has 0 saturated carbocycles. The molecule has 1 aliphatic rings. The number of ether oxygens (including phenoxy) is 1. The maximum absolute atomic E-state index is 12.6. The minimum atomic E-state index is -0.0342. The highest BCUT2D eigenvalue weighted by molar-refractivity contribution is 8.18. The van der Waals surface area contributed by atoms with E-state index in [-0.39, 0.29) is 5.91 Å². The Kier molecular flexibility index (Phi) is 7.23. The minimum Gasteiger partial charge on any atom is -0.494 e. The molecule has 6 heteroatoms. The van der Waals surface area contributed by atoms with Gasteiger partial charge in [-0.25, -0.2) is 4.99 Å². The van der Waals surface area contributed by atoms with E-state index in [0.717, 1.165) is 41.3 Å². The fraction of sp³-hybridized carbons (Fsp3) is 0.273. The first-order valence-corrected chi connectivity index (χ1v) is 11.3. The number of rotatable bonds is 7. The molecular formula is C22H24N2O2S2. The van der Waals surface area contributed by atoms with E-state index in [1.54, 1.807) is 23.7 Å². The van der Waals surface area contributed by atoms with Gasteiger partial charge in [-0.3, -0.25) is 9.69 Å². The topological polar surface area (TPSA) is 41.9 Å². The van der Waals surface area contributed by atoms with Crippen LogP contribution in [0.25, 0.3) is 6.08 Å². The highest BCUT2D eigenvalue weighted by Crippen LogP contribution is 2.33. The fourth-order valence-corrected chi connectivity index (χ4v) is 4.03. The molecule has 0 atom stereocenters. The molecule has 1 amide bonds. The van der Waals surface area contributed by atoms with Crippen molar-refractivity contribution in [3.8, 4) is 5.75 Å². The Hall–Kier alpha value is -2.18. The number of thioether (sulfide) groups is 2. The summed E-state index contributed by atoms with van der Waals surface area (Å²) in [5.41, 5.74) is 1.82. The second-order valence-corrected chi connectivity index (χ2v) is 8.23. The predicted molar refractivity (Wildman–Crippen MR) is 121 cm³/mol. The van der Waals surface area contributed by atoms with E-state index < -0.39 is 0 Å². The smallest absolute Gasteiger partial charge is 0.266 e. The number of likely N-dealkylation sites (N-methyl/N-ethyl adjacent to an activating group) is 1. The highest BCUT2D eigenvalue weighted by atomic mass is 32.2. The lowest BCUT2D eigenvalue weighted by molar-refractivity contribution is -0.121. The average Bonchev–Trinajstić information content (AvgIpc) is 2.97. The Bertz CT molecular complexity index is 892. The normalized spacial score (nSPS) is 17.0. The molecule has 0 unspecified atom stereocenters. The highest BCUT2D eigenvalue weighted by Gasteiger charge is 2.30. The lowest BCUT2D eigenvalue weighted by Crippen LogP contribution is -2.23. The molecule has 4 nitrogen and oxygen atoms in total. The lowest BCUT2D eigenvalue weighted by Gasteiger charge is -2.07. The third-order valence-electron chi connectivity index (χ3n) is 4.23. The van der Waals surface area contributed by atoms with E-state index in [2.05, 4.69) is 11.9 Å². The number of unbranched alkanes of at least 4 members (excludes halogenated alkanes) is 1. The van der Waals surface area contributed by atoms with Crippen LogP contribution in [0.4, 0.5) is 5.69 Å². The summed E-state index contributed by atoms with van der Waals surface area (Å²) in [6, 6.07) is 15.8. The SMILES string of the molecule is CCCCOc1ccc(/C=C2/SC(=Nc3cccc(SC)c3)N(C)C2=O)cc1. The standard InChI is InChI=1S/C22H24N2O2S2/c1-4-5-13-26-18-11-9-16(10-12-18)14-20-21(25)24(2)22(28-20)23-17-7-6-8-19(15-17)27-3/h6-12,14-15H,4-5,13H2,1-3H3/b20-14+,23-22?. The van der Waals surface area contributed by atoms with Gasteiger partial charge in [0, 0.05) is 11.9 Å². The molecule has 146 valence electrons. The summed E-state index contributed by atoms with van der Waals surface area (Å²) in [7, 11) is 1.76. The minimum absolute atomic E-state index is 0.0342. The number of carbonyl (C=O) groups is 1. The number of benzene rings is 2. The summed E-state index contributed by atoms with van der Waals surface area (Å²) in [6.45, 7) is 2.87. The summed E-state index contributed by atoms with van der Waals surface area (Å²) in [5, 5.41) is 0.689. The van der Waals surface area contributed by atoms with E-state index in [4.69, 9.17) is 4.74 Å². The molecule has 2 aromatic carbocycles. The van der Waals surface area contributed by atoms with Crippen molar-refractivity contribution in [2.75, 3.05) is 19.9 Å². The van der Waals surface area contributed by atoms with Crippen LogP contribution in [0.1, 0.15) is 25.3 Å². The van der Waals surface area contributed by atoms with E-state index in [1.807, 2.05) is 60.9 Å². The largest absolute Gasteiger partial charge is 0.494 e. The van der Waals surface area contributed by atoms with E-state index in [1.165, 1.54) is 11.8 Å². The van der Waals surface area contributed by atoms with Crippen LogP contribution in [0.5, 0.6) is 5.75 Å². The van der Waals surface area contributed by atoms with E-state index >= 15 is 0 Å². The second kappa shape index (κ2) is 9.85. The fourth-order valence-electron chi connectivity index (χ4n) is 2.59. The van der Waals surface area contributed by atoms with Gasteiger partial charge in [-0.2, -0.15) is 0 Å². The molecule has 28 heavy (non-hydrogen) atoms. The first kappa shape index (κ1) is 20.6. The number of amides is 1. The zero-order valence-electron chi connectivity index (χ0n) is 16.3. The van der Waals surface area contributed by atoms with Crippen LogP contribution >= 0.6 is 23.5 Å². The van der Waals surface area contributed by atoms with Crippen LogP contribution in [0.2, 0.25) is 0 Å². The number of carbonyl (C=O) groups excluding carboxylic acids is 1. The van der Waals surface area contributed by atoms with Gasteiger partial charge in [0.1, 0.15) is 5.75 Å². The Morgan fingerprint density at radius 3 is 2.71 bits per heavy atom. The predicted octanol–water partition coefficient (Wildman–Crippen LogP) is 5.82. The van der Waals surface area contributed by atoms with Gasteiger partial charge >= 0.3 is 0 Å². The van der Waals surface area contributed by atoms with Crippen LogP contribution < -0.4 is 4.74 Å². The Balaban J connectivity index is 1.74. The molecule has 0 bridgehead atoms. The number of aliphatic imine (C=N–C) groups is 1. The summed E-state index contributed by atoms with van der Waals surface area (Å²) in [5.74, 6) is 0.821. The maximum atomic E-state index is 12.6. The van der Waals surface area contributed by atoms with Crippen molar-refractivity contribution in [3.05, 3.63) is 59.0 Å². The number of hydrogen-bond acceptors (Lipinski definition) is 5. The van der Waals surface area contributed by atoms with Crippen LogP contribution in [0.3, 0.4) is 0 Å². The average molecular weight is 413 g/mol. The molecule has 1 fully saturated rings. The summed E-state index contributed by atoms with van der Waals surface area (Å²) in [4.78, 5) is 20.7. The molecule has 1 saturated heterocycles. The molecule has 1 aliphatic heterocycles. The van der Waals surface area contributed by atoms with Gasteiger partial charge in [-0.05, 0) is 66.4 Å². The molecule has 0 aliphatic carbocycles. The molecule has 0 N–H and O–H groups in total. The number of hydrogen-bond donors (Lipinski definition) is 0. The van der Waals surface area contributed by atoms with Gasteiger partial charge in [0.15, 0.2) is 5.17 Å². The van der Waals surface area contributed by atoms with E-state index in [0.29, 0.717) is 10.1 Å². The Labute approximate surface area is 175 Å². The van der Waals surface area contributed by atoms with Crippen molar-refractivity contribution in [2.24, 2.45) is 4.99 Å². The second-order valence-electron chi connectivity index (χ2n) is 6.34. The zero-order chi connectivity index (χ0) is 19.9. The maximum Gasteiger partial charge on any atom is 0.266 e. The summed E-state index contributed by atoms with van der Waals surface area (Å²) >= 11 is 3.07. The van der Waals surface area contributed by atoms with Crippen molar-refractivity contribution >= 4 is 46.4 Å². The summed E-state index contributed by atoms with van der Waals surface area (Å²) in [6.07, 6.45) is 6.10. The van der Waals surface area contributed by atoms with Crippen LogP contribution in [-0.2, 0) is 4.79 Å². The van der Waals surface area contributed by atoms with Gasteiger partial charge in [-0.15, -0.1) is 11.8 Å². The molecule has 0 aromatic heterocycles. The molecule has 0 radical (unpaired) electrons. The van der Waals surface area contributed by atoms with Crippen molar-refractivity contribution in [2.45, 2.75) is 24.7 Å². The van der Waals surface area contributed by atoms with Crippen molar-refractivity contribution < 1.29 is 9.53 Å². The number of amidine groups is 1.